The molecule has 0 atom stereocenters. The van der Waals surface area contributed by atoms with E-state index in [1.807, 2.05) is 32.9 Å². The zero-order valence-corrected chi connectivity index (χ0v) is 12.7. The summed E-state index contributed by atoms with van der Waals surface area (Å²) in [5.41, 5.74) is 1.27. The van der Waals surface area contributed by atoms with Crippen molar-refractivity contribution in [1.82, 2.24) is 0 Å². The largest absolute Gasteiger partial charge is 0.486 e. The minimum Gasteiger partial charge on any atom is -0.486 e. The van der Waals surface area contributed by atoms with Crippen molar-refractivity contribution in [3.05, 3.63) is 17.7 Å². The Bertz CT molecular complexity index is 558. The lowest BCUT2D eigenvalue weighted by Crippen LogP contribution is -2.28. The van der Waals surface area contributed by atoms with Gasteiger partial charge in [-0.15, -0.1) is 0 Å². The van der Waals surface area contributed by atoms with E-state index in [-0.39, 0.29) is 0 Å². The first-order valence-corrected chi connectivity index (χ1v) is 7.36. The number of hydrogen-bond acceptors (Lipinski definition) is 4. The molecule has 0 unspecified atom stereocenters. The molecule has 1 fully saturated rings. The average Bonchev–Trinajstić information content (AvgIpc) is 3.21. The highest BCUT2D eigenvalue weighted by Gasteiger charge is 2.31. The number of anilines is 1. The van der Waals surface area contributed by atoms with Gasteiger partial charge in [-0.1, -0.05) is 6.07 Å². The highest BCUT2D eigenvalue weighted by atomic mass is 16.6. The smallest absolute Gasteiger partial charge is 0.412 e. The fourth-order valence-electron chi connectivity index (χ4n) is 2.40. The van der Waals surface area contributed by atoms with Gasteiger partial charge in [0.15, 0.2) is 11.5 Å². The molecule has 0 spiro atoms. The standard InChI is InChI=1S/C16H21NO4/c1-16(2,3)21-15(18)17-13-11(10-4-5-10)6-7-12-14(13)20-9-8-19-12/h6-7,10H,4-5,8-9H2,1-3H3,(H,17,18). The molecule has 1 N–H and O–H groups in total. The first-order valence-electron chi connectivity index (χ1n) is 7.36. The maximum Gasteiger partial charge on any atom is 0.412 e. The van der Waals surface area contributed by atoms with Gasteiger partial charge in [-0.3, -0.25) is 5.32 Å². The second kappa shape index (κ2) is 5.13. The number of benzene rings is 1. The predicted molar refractivity (Wildman–Crippen MR) is 79.3 cm³/mol. The van der Waals surface area contributed by atoms with E-state index in [1.165, 1.54) is 0 Å². The molecular weight excluding hydrogens is 270 g/mol. The molecule has 0 aromatic heterocycles. The molecule has 1 aromatic rings. The van der Waals surface area contributed by atoms with Crippen LogP contribution < -0.4 is 14.8 Å². The number of carbonyl (C=O) groups is 1. The summed E-state index contributed by atoms with van der Waals surface area (Å²) in [5, 5.41) is 2.85. The Kier molecular flexibility index (Phi) is 3.43. The van der Waals surface area contributed by atoms with E-state index in [0.717, 1.165) is 18.4 Å². The predicted octanol–water partition coefficient (Wildman–Crippen LogP) is 3.68. The number of ether oxygens (including phenoxy) is 3. The van der Waals surface area contributed by atoms with Crippen LogP contribution >= 0.6 is 0 Å². The van der Waals surface area contributed by atoms with Crippen LogP contribution in [0, 0.1) is 0 Å². The van der Waals surface area contributed by atoms with Crippen molar-refractivity contribution in [3.8, 4) is 11.5 Å². The van der Waals surface area contributed by atoms with E-state index >= 15 is 0 Å². The van der Waals surface area contributed by atoms with Gasteiger partial charge >= 0.3 is 6.09 Å². The molecule has 0 saturated heterocycles. The van der Waals surface area contributed by atoms with Crippen LogP contribution in [-0.2, 0) is 4.74 Å². The van der Waals surface area contributed by atoms with Gasteiger partial charge in [0.1, 0.15) is 18.8 Å². The summed E-state index contributed by atoms with van der Waals surface area (Å²) in [6, 6.07) is 3.93. The monoisotopic (exact) mass is 291 g/mol. The summed E-state index contributed by atoms with van der Waals surface area (Å²) in [6.45, 7) is 6.54. The van der Waals surface area contributed by atoms with E-state index in [0.29, 0.717) is 36.3 Å². The highest BCUT2D eigenvalue weighted by molar-refractivity contribution is 5.89. The molecule has 1 saturated carbocycles. The van der Waals surface area contributed by atoms with E-state index < -0.39 is 11.7 Å². The van der Waals surface area contributed by atoms with Crippen molar-refractivity contribution in [2.24, 2.45) is 0 Å². The molecule has 5 heteroatoms. The topological polar surface area (TPSA) is 56.8 Å². The summed E-state index contributed by atoms with van der Waals surface area (Å²) in [5.74, 6) is 1.79. The fraction of sp³-hybridized carbons (Fsp3) is 0.562. The summed E-state index contributed by atoms with van der Waals surface area (Å²) in [7, 11) is 0. The van der Waals surface area contributed by atoms with Gasteiger partial charge in [-0.25, -0.2) is 4.79 Å². The molecular formula is C16H21NO4. The normalized spacial score (nSPS) is 17.3. The third-order valence-electron chi connectivity index (χ3n) is 3.38. The van der Waals surface area contributed by atoms with E-state index in [4.69, 9.17) is 14.2 Å². The Hall–Kier alpha value is -1.91. The highest BCUT2D eigenvalue weighted by Crippen LogP contribution is 2.49. The van der Waals surface area contributed by atoms with Crippen LogP contribution in [0.4, 0.5) is 10.5 Å². The minimum absolute atomic E-state index is 0.466. The summed E-state index contributed by atoms with van der Waals surface area (Å²) >= 11 is 0. The maximum atomic E-state index is 12.1. The van der Waals surface area contributed by atoms with Crippen LogP contribution in [0.3, 0.4) is 0 Å². The lowest BCUT2D eigenvalue weighted by Gasteiger charge is -2.25. The molecule has 1 amide bonds. The molecule has 2 aliphatic rings. The van der Waals surface area contributed by atoms with Crippen LogP contribution in [0.2, 0.25) is 0 Å². The third kappa shape index (κ3) is 3.23. The Morgan fingerprint density at radius 2 is 1.95 bits per heavy atom. The van der Waals surface area contributed by atoms with E-state index in [2.05, 4.69) is 5.32 Å². The number of nitrogens with one attached hydrogen (secondary N) is 1. The van der Waals surface area contributed by atoms with Crippen LogP contribution in [0.15, 0.2) is 12.1 Å². The number of hydrogen-bond donors (Lipinski definition) is 1. The van der Waals surface area contributed by atoms with Gasteiger partial charge in [0, 0.05) is 0 Å². The van der Waals surface area contributed by atoms with Crippen molar-refractivity contribution in [3.63, 3.8) is 0 Å². The average molecular weight is 291 g/mol. The molecule has 3 rings (SSSR count). The van der Waals surface area contributed by atoms with Gasteiger partial charge in [-0.2, -0.15) is 0 Å². The first kappa shape index (κ1) is 14.0. The lowest BCUT2D eigenvalue weighted by atomic mass is 10.1. The minimum atomic E-state index is -0.532. The van der Waals surface area contributed by atoms with E-state index in [1.54, 1.807) is 0 Å². The molecule has 1 aliphatic carbocycles. The Balaban J connectivity index is 1.89. The second-order valence-corrected chi connectivity index (χ2v) is 6.46. The Morgan fingerprint density at radius 1 is 1.24 bits per heavy atom. The molecule has 1 aliphatic heterocycles. The third-order valence-corrected chi connectivity index (χ3v) is 3.38. The SMILES string of the molecule is CC(C)(C)OC(=O)Nc1c(C2CC2)ccc2c1OCCO2. The molecule has 1 aromatic carbocycles. The molecule has 5 nitrogen and oxygen atoms in total. The van der Waals surface area contributed by atoms with Gasteiger partial charge < -0.3 is 14.2 Å². The van der Waals surface area contributed by atoms with Crippen LogP contribution in [-0.4, -0.2) is 24.9 Å². The molecule has 114 valence electrons. The van der Waals surface area contributed by atoms with Crippen molar-refractivity contribution in [2.75, 3.05) is 18.5 Å². The van der Waals surface area contributed by atoms with Crippen molar-refractivity contribution in [1.29, 1.82) is 0 Å². The maximum absolute atomic E-state index is 12.1. The van der Waals surface area contributed by atoms with Gasteiger partial charge in [0.25, 0.3) is 0 Å². The number of amides is 1. The van der Waals surface area contributed by atoms with Gasteiger partial charge in [-0.05, 0) is 51.2 Å². The summed E-state index contributed by atoms with van der Waals surface area (Å²) < 4.78 is 16.6. The second-order valence-electron chi connectivity index (χ2n) is 6.46. The molecule has 0 bridgehead atoms. The van der Waals surface area contributed by atoms with Crippen LogP contribution in [0.5, 0.6) is 11.5 Å². The van der Waals surface area contributed by atoms with Crippen molar-refractivity contribution >= 4 is 11.8 Å². The fourth-order valence-corrected chi connectivity index (χ4v) is 2.40. The Labute approximate surface area is 124 Å². The van der Waals surface area contributed by atoms with Crippen molar-refractivity contribution < 1.29 is 19.0 Å². The van der Waals surface area contributed by atoms with Gasteiger partial charge in [0.05, 0.1) is 5.69 Å². The lowest BCUT2D eigenvalue weighted by molar-refractivity contribution is 0.0634. The summed E-state index contributed by atoms with van der Waals surface area (Å²) in [6.07, 6.45) is 1.82. The van der Waals surface area contributed by atoms with Crippen LogP contribution in [0.25, 0.3) is 0 Å². The zero-order chi connectivity index (χ0) is 15.0. The number of rotatable bonds is 2. The molecule has 1 heterocycles. The summed E-state index contributed by atoms with van der Waals surface area (Å²) in [4.78, 5) is 12.1. The number of fused-ring (bicyclic) bond motifs is 1. The zero-order valence-electron chi connectivity index (χ0n) is 12.7. The Morgan fingerprint density at radius 3 is 2.62 bits per heavy atom. The van der Waals surface area contributed by atoms with E-state index in [9.17, 15) is 4.79 Å². The van der Waals surface area contributed by atoms with Gasteiger partial charge in [0.2, 0.25) is 0 Å². The van der Waals surface area contributed by atoms with Crippen molar-refractivity contribution in [2.45, 2.75) is 45.1 Å². The molecule has 21 heavy (non-hydrogen) atoms. The quantitative estimate of drug-likeness (QED) is 0.903. The van der Waals surface area contributed by atoms with Crippen LogP contribution in [0.1, 0.15) is 45.1 Å². The number of carbonyl (C=O) groups excluding carboxylic acids is 1. The first-order chi connectivity index (χ1) is 9.94. The molecule has 0 radical (unpaired) electrons.